The van der Waals surface area contributed by atoms with Gasteiger partial charge in [0, 0.05) is 10.0 Å². The van der Waals surface area contributed by atoms with Gasteiger partial charge in [-0.15, -0.1) is 4.79 Å². The van der Waals surface area contributed by atoms with Gasteiger partial charge in [-0.25, -0.2) is 0 Å². The molecular weight excluding hydrogens is 372 g/mol. The van der Waals surface area contributed by atoms with Crippen molar-refractivity contribution in [3.8, 4) is 5.75 Å². The number of aromatic nitrogens is 4. The Hall–Kier alpha value is -2.61. The van der Waals surface area contributed by atoms with E-state index in [1.54, 1.807) is 0 Å². The number of anilines is 1. The van der Waals surface area contributed by atoms with E-state index in [0.717, 1.165) is 21.3 Å². The summed E-state index contributed by atoms with van der Waals surface area (Å²) in [7, 11) is 0. The number of nitrogens with one attached hydrogen (secondary N) is 1. The quantitative estimate of drug-likeness (QED) is 0.674. The molecule has 0 saturated heterocycles. The van der Waals surface area contributed by atoms with Gasteiger partial charge in [-0.2, -0.15) is 0 Å². The lowest BCUT2D eigenvalue weighted by atomic mass is 10.1. The van der Waals surface area contributed by atoms with Crippen LogP contribution in [0.4, 0.5) is 5.95 Å². The standard InChI is InChI=1S/C16H17BrN6O/c1-11-3-2-4-12(7-11)10-24-15-6-5-14(17)8-13(15)9-19-23-16(18)20-21-22-23/h2-8,19H,9-10H2,1H3,(H2,18,20,22). The fourth-order valence-corrected chi connectivity index (χ4v) is 2.67. The van der Waals surface area contributed by atoms with Gasteiger partial charge in [0.05, 0.1) is 6.54 Å². The Balaban J connectivity index is 1.71. The Kier molecular flexibility index (Phi) is 4.95. The molecule has 0 aliphatic heterocycles. The largest absolute Gasteiger partial charge is 0.489 e. The third-order valence-electron chi connectivity index (χ3n) is 3.41. The highest BCUT2D eigenvalue weighted by Crippen LogP contribution is 2.24. The summed E-state index contributed by atoms with van der Waals surface area (Å²) in [6.45, 7) is 3.04. The Labute approximate surface area is 147 Å². The minimum Gasteiger partial charge on any atom is -0.489 e. The van der Waals surface area contributed by atoms with Crippen molar-refractivity contribution in [2.45, 2.75) is 20.1 Å². The van der Waals surface area contributed by atoms with Gasteiger partial charge in [0.1, 0.15) is 12.4 Å². The van der Waals surface area contributed by atoms with E-state index in [1.165, 1.54) is 10.4 Å². The lowest BCUT2D eigenvalue weighted by Gasteiger charge is -2.13. The van der Waals surface area contributed by atoms with Crippen molar-refractivity contribution in [1.29, 1.82) is 0 Å². The maximum Gasteiger partial charge on any atom is 0.260 e. The maximum absolute atomic E-state index is 5.98. The van der Waals surface area contributed by atoms with Gasteiger partial charge in [-0.3, -0.25) is 0 Å². The minimum atomic E-state index is 0.201. The molecule has 0 atom stereocenters. The van der Waals surface area contributed by atoms with Crippen molar-refractivity contribution in [2.75, 3.05) is 11.2 Å². The molecule has 124 valence electrons. The smallest absolute Gasteiger partial charge is 0.260 e. The summed E-state index contributed by atoms with van der Waals surface area (Å²) in [6, 6.07) is 14.1. The van der Waals surface area contributed by atoms with Gasteiger partial charge < -0.3 is 15.9 Å². The number of ether oxygens (including phenoxy) is 1. The van der Waals surface area contributed by atoms with Gasteiger partial charge in [0.25, 0.3) is 5.95 Å². The van der Waals surface area contributed by atoms with E-state index >= 15 is 0 Å². The van der Waals surface area contributed by atoms with Crippen LogP contribution in [0.2, 0.25) is 0 Å². The van der Waals surface area contributed by atoms with Gasteiger partial charge in [-0.05, 0) is 41.1 Å². The van der Waals surface area contributed by atoms with Crippen LogP contribution in [0.25, 0.3) is 0 Å². The number of nitrogens with two attached hydrogens (primary N) is 1. The van der Waals surface area contributed by atoms with Crippen molar-refractivity contribution in [2.24, 2.45) is 0 Å². The molecule has 1 heterocycles. The second-order valence-corrected chi connectivity index (χ2v) is 6.23. The van der Waals surface area contributed by atoms with Crippen LogP contribution < -0.4 is 15.9 Å². The maximum atomic E-state index is 5.98. The fraction of sp³-hybridized carbons (Fsp3) is 0.188. The van der Waals surface area contributed by atoms with Crippen LogP contribution in [0.1, 0.15) is 16.7 Å². The van der Waals surface area contributed by atoms with E-state index in [4.69, 9.17) is 10.5 Å². The van der Waals surface area contributed by atoms with E-state index in [-0.39, 0.29) is 5.95 Å². The summed E-state index contributed by atoms with van der Waals surface area (Å²) >= 11 is 3.48. The number of halogens is 1. The monoisotopic (exact) mass is 388 g/mol. The second-order valence-electron chi connectivity index (χ2n) is 5.31. The zero-order chi connectivity index (χ0) is 16.9. The topological polar surface area (TPSA) is 90.9 Å². The van der Waals surface area contributed by atoms with Crippen LogP contribution >= 0.6 is 15.9 Å². The third-order valence-corrected chi connectivity index (χ3v) is 3.91. The molecule has 3 aromatic rings. The SMILES string of the molecule is Cc1cccc(COc2ccc(Br)cc2CNn2nnnc2N)c1. The molecule has 0 saturated carbocycles. The molecule has 8 heteroatoms. The van der Waals surface area contributed by atoms with Gasteiger partial charge in [0.2, 0.25) is 0 Å². The predicted molar refractivity (Wildman–Crippen MR) is 94.9 cm³/mol. The first-order chi connectivity index (χ1) is 11.6. The van der Waals surface area contributed by atoms with E-state index in [0.29, 0.717) is 13.2 Å². The molecule has 2 aromatic carbocycles. The molecule has 1 aromatic heterocycles. The molecule has 0 spiro atoms. The summed E-state index contributed by atoms with van der Waals surface area (Å²) < 4.78 is 6.95. The van der Waals surface area contributed by atoms with Crippen LogP contribution in [0, 0.1) is 6.92 Å². The highest BCUT2D eigenvalue weighted by atomic mass is 79.9. The first-order valence-corrected chi connectivity index (χ1v) is 8.15. The highest BCUT2D eigenvalue weighted by molar-refractivity contribution is 9.10. The molecule has 3 rings (SSSR count). The Morgan fingerprint density at radius 2 is 2.12 bits per heavy atom. The molecule has 0 fully saturated rings. The van der Waals surface area contributed by atoms with Crippen molar-refractivity contribution in [3.63, 3.8) is 0 Å². The summed E-state index contributed by atoms with van der Waals surface area (Å²) in [4.78, 5) is 1.32. The summed E-state index contributed by atoms with van der Waals surface area (Å²) in [5.41, 5.74) is 12.0. The Morgan fingerprint density at radius 1 is 1.25 bits per heavy atom. The number of aryl methyl sites for hydroxylation is 1. The fourth-order valence-electron chi connectivity index (χ4n) is 2.26. The van der Waals surface area contributed by atoms with E-state index in [2.05, 4.69) is 55.9 Å². The molecule has 3 N–H and O–H groups in total. The molecule has 0 radical (unpaired) electrons. The van der Waals surface area contributed by atoms with Crippen LogP contribution in [-0.4, -0.2) is 20.3 Å². The van der Waals surface area contributed by atoms with Gasteiger partial charge in [0.15, 0.2) is 0 Å². The van der Waals surface area contributed by atoms with Crippen molar-refractivity contribution < 1.29 is 4.74 Å². The first-order valence-electron chi connectivity index (χ1n) is 7.36. The molecule has 0 aliphatic rings. The number of benzene rings is 2. The van der Waals surface area contributed by atoms with Crippen molar-refractivity contribution >= 4 is 21.9 Å². The number of tetrazole rings is 1. The lowest BCUT2D eigenvalue weighted by Crippen LogP contribution is -2.18. The van der Waals surface area contributed by atoms with Crippen molar-refractivity contribution in [1.82, 2.24) is 20.3 Å². The molecule has 0 amide bonds. The lowest BCUT2D eigenvalue weighted by molar-refractivity contribution is 0.303. The Bertz CT molecular complexity index is 835. The zero-order valence-electron chi connectivity index (χ0n) is 13.1. The minimum absolute atomic E-state index is 0.201. The number of nitrogens with zero attached hydrogens (tertiary/aromatic N) is 4. The summed E-state index contributed by atoms with van der Waals surface area (Å²) in [6.07, 6.45) is 0. The van der Waals surface area contributed by atoms with E-state index in [9.17, 15) is 0 Å². The van der Waals surface area contributed by atoms with E-state index < -0.39 is 0 Å². The molecular formula is C16H17BrN6O. The van der Waals surface area contributed by atoms with Crippen LogP contribution in [0.5, 0.6) is 5.75 Å². The van der Waals surface area contributed by atoms with E-state index in [1.807, 2.05) is 30.3 Å². The molecule has 0 bridgehead atoms. The van der Waals surface area contributed by atoms with Crippen LogP contribution in [0.3, 0.4) is 0 Å². The Morgan fingerprint density at radius 3 is 2.88 bits per heavy atom. The summed E-state index contributed by atoms with van der Waals surface area (Å²) in [5, 5.41) is 10.9. The molecule has 24 heavy (non-hydrogen) atoms. The number of rotatable bonds is 6. The molecule has 0 aliphatic carbocycles. The van der Waals surface area contributed by atoms with Crippen LogP contribution in [-0.2, 0) is 13.2 Å². The van der Waals surface area contributed by atoms with Crippen LogP contribution in [0.15, 0.2) is 46.9 Å². The number of nitrogen functional groups attached to an aromatic ring is 1. The zero-order valence-corrected chi connectivity index (χ0v) is 14.7. The number of hydrogen-bond donors (Lipinski definition) is 2. The molecule has 0 unspecified atom stereocenters. The summed E-state index contributed by atoms with van der Waals surface area (Å²) in [5.74, 6) is 0.992. The van der Waals surface area contributed by atoms with Gasteiger partial charge >= 0.3 is 0 Å². The average Bonchev–Trinajstić information content (AvgIpc) is 2.97. The normalized spacial score (nSPS) is 10.6. The predicted octanol–water partition coefficient (Wildman–Crippen LogP) is 2.65. The highest BCUT2D eigenvalue weighted by Gasteiger charge is 2.07. The first kappa shape index (κ1) is 16.3. The number of hydrogen-bond acceptors (Lipinski definition) is 6. The van der Waals surface area contributed by atoms with Gasteiger partial charge in [-0.1, -0.05) is 50.9 Å². The molecule has 7 nitrogen and oxygen atoms in total. The second kappa shape index (κ2) is 7.31. The third kappa shape index (κ3) is 4.02. The average molecular weight is 389 g/mol. The van der Waals surface area contributed by atoms with Crippen molar-refractivity contribution in [3.05, 3.63) is 63.6 Å².